The van der Waals surface area contributed by atoms with Crippen LogP contribution >= 0.6 is 0 Å². The molecule has 0 saturated heterocycles. The molecule has 9 nitrogen and oxygen atoms in total. The summed E-state index contributed by atoms with van der Waals surface area (Å²) in [6.45, 7) is 3.96. The summed E-state index contributed by atoms with van der Waals surface area (Å²) in [4.78, 5) is 35.3. The third-order valence-corrected chi connectivity index (χ3v) is 9.92. The molecule has 0 aromatic rings. The molecule has 3 fully saturated rings. The monoisotopic (exact) mass is 520 g/mol. The van der Waals surface area contributed by atoms with Gasteiger partial charge in [0, 0.05) is 23.2 Å². The van der Waals surface area contributed by atoms with Gasteiger partial charge in [-0.05, 0) is 62.5 Å². The van der Waals surface area contributed by atoms with Crippen LogP contribution in [0.5, 0.6) is 0 Å². The van der Waals surface area contributed by atoms with Crippen molar-refractivity contribution in [3.8, 4) is 0 Å². The molecule has 4 aliphatic carbocycles. The van der Waals surface area contributed by atoms with E-state index >= 15 is 0 Å². The van der Waals surface area contributed by atoms with Gasteiger partial charge in [0.2, 0.25) is 0 Å². The number of carbonyl (C=O) groups excluding carboxylic acids is 2. The number of carboxylic acids is 1. The van der Waals surface area contributed by atoms with Crippen molar-refractivity contribution >= 4 is 17.7 Å². The average molecular weight is 521 g/mol. The Morgan fingerprint density at radius 3 is 2.62 bits per heavy atom. The van der Waals surface area contributed by atoms with Gasteiger partial charge in [0.05, 0.1) is 43.4 Å². The highest BCUT2D eigenvalue weighted by Gasteiger charge is 2.66. The lowest BCUT2D eigenvalue weighted by Gasteiger charge is -2.59. The van der Waals surface area contributed by atoms with Crippen LogP contribution in [0.4, 0.5) is 0 Å². The number of aliphatic carboxylic acids is 1. The average Bonchev–Trinajstić information content (AvgIpc) is 3.03. The molecule has 3 saturated carbocycles. The van der Waals surface area contributed by atoms with Gasteiger partial charge in [0.1, 0.15) is 0 Å². The van der Waals surface area contributed by atoms with Gasteiger partial charge in [-0.25, -0.2) is 0 Å². The molecule has 9 heteroatoms. The van der Waals surface area contributed by atoms with Gasteiger partial charge in [0.15, 0.2) is 5.78 Å². The predicted octanol–water partition coefficient (Wildman–Crippen LogP) is 1.91. The number of allylic oxidation sites excluding steroid dienone is 4. The molecule has 0 aromatic heterocycles. The Kier molecular flexibility index (Phi) is 7.74. The van der Waals surface area contributed by atoms with E-state index in [4.69, 9.17) is 9.84 Å². The number of carboxylic acid groups (broad SMARTS) is 1. The summed E-state index contributed by atoms with van der Waals surface area (Å²) in [6, 6.07) is 0. The summed E-state index contributed by atoms with van der Waals surface area (Å²) < 4.78 is 5.29. The molecule has 4 rings (SSSR count). The Hall–Kier alpha value is -2.07. The number of ketones is 1. The van der Waals surface area contributed by atoms with E-state index in [1.165, 1.54) is 0 Å². The minimum Gasteiger partial charge on any atom is -0.481 e. The first kappa shape index (κ1) is 28.0. The number of hydrogen-bond acceptors (Lipinski definition) is 8. The zero-order chi connectivity index (χ0) is 27.2. The van der Waals surface area contributed by atoms with Crippen LogP contribution in [-0.2, 0) is 19.1 Å². The molecule has 0 bridgehead atoms. The first-order valence-corrected chi connectivity index (χ1v) is 13.4. The lowest BCUT2D eigenvalue weighted by molar-refractivity contribution is -0.178. The molecule has 206 valence electrons. The minimum absolute atomic E-state index is 0.0150. The van der Waals surface area contributed by atoms with Crippen molar-refractivity contribution in [3.05, 3.63) is 23.8 Å². The summed E-state index contributed by atoms with van der Waals surface area (Å²) in [5.41, 5.74) is -1.32. The quantitative estimate of drug-likeness (QED) is 0.286. The lowest BCUT2D eigenvalue weighted by Crippen LogP contribution is -2.59. The van der Waals surface area contributed by atoms with E-state index < -0.39 is 53.1 Å². The fraction of sp³-hybridized carbons (Fsp3) is 0.750. The molecule has 0 heterocycles. The van der Waals surface area contributed by atoms with Gasteiger partial charge in [0.25, 0.3) is 0 Å². The van der Waals surface area contributed by atoms with E-state index in [9.17, 15) is 34.8 Å². The van der Waals surface area contributed by atoms with Gasteiger partial charge in [-0.2, -0.15) is 0 Å². The van der Waals surface area contributed by atoms with Gasteiger partial charge in [-0.1, -0.05) is 25.5 Å². The highest BCUT2D eigenvalue weighted by Crippen LogP contribution is 2.67. The lowest BCUT2D eigenvalue weighted by atomic mass is 9.46. The molecule has 0 aliphatic heterocycles. The van der Waals surface area contributed by atoms with Gasteiger partial charge < -0.3 is 30.3 Å². The van der Waals surface area contributed by atoms with E-state index in [1.54, 1.807) is 12.2 Å². The Balaban J connectivity index is 1.38. The molecule has 37 heavy (non-hydrogen) atoms. The predicted molar refractivity (Wildman–Crippen MR) is 132 cm³/mol. The molecular weight excluding hydrogens is 480 g/mol. The second-order valence-corrected chi connectivity index (χ2v) is 12.1. The van der Waals surface area contributed by atoms with Crippen molar-refractivity contribution in [1.29, 1.82) is 0 Å². The van der Waals surface area contributed by atoms with Crippen molar-refractivity contribution in [3.63, 3.8) is 0 Å². The smallest absolute Gasteiger partial charge is 0.308 e. The van der Waals surface area contributed by atoms with Crippen LogP contribution < -0.4 is 0 Å². The van der Waals surface area contributed by atoms with Crippen LogP contribution in [0.15, 0.2) is 23.8 Å². The molecule has 0 spiro atoms. The first-order chi connectivity index (χ1) is 17.3. The molecule has 4 aliphatic rings. The number of esters is 1. The van der Waals surface area contributed by atoms with Crippen molar-refractivity contribution < 1.29 is 44.7 Å². The standard InChI is InChI=1S/C28H40O9/c1-26-8-5-17(29)11-16(26)3-4-20-21-6-9-28(36,27(21,2)14-22(32)25(20)26)15-24(35)37-10-7-18(30)12-19(31)13-23(33)34/h5,8,11,18-22,25,30-32,36H,3-4,6-7,9-10,12-15H2,1-2H3,(H,33,34)/t18-,19-,20?,21?,22-,25?,26-,27-,28-/m0/s1. The molecule has 0 aromatic carbocycles. The number of carbonyl (C=O) groups is 3. The van der Waals surface area contributed by atoms with Crippen LogP contribution in [0.1, 0.15) is 71.6 Å². The van der Waals surface area contributed by atoms with E-state index in [0.29, 0.717) is 12.8 Å². The second-order valence-electron chi connectivity index (χ2n) is 12.1. The number of hydrogen-bond donors (Lipinski definition) is 5. The normalized spacial score (nSPS) is 40.2. The molecule has 5 N–H and O–H groups in total. The van der Waals surface area contributed by atoms with Crippen LogP contribution in [-0.4, -0.2) is 73.8 Å². The number of fused-ring (bicyclic) bond motifs is 5. The Morgan fingerprint density at radius 1 is 1.19 bits per heavy atom. The zero-order valence-corrected chi connectivity index (χ0v) is 21.6. The Labute approximate surface area is 217 Å². The summed E-state index contributed by atoms with van der Waals surface area (Å²) in [7, 11) is 0. The molecular formula is C28H40O9. The highest BCUT2D eigenvalue weighted by molar-refractivity contribution is 6.01. The maximum absolute atomic E-state index is 12.7. The third-order valence-electron chi connectivity index (χ3n) is 9.92. The van der Waals surface area contributed by atoms with Crippen molar-refractivity contribution in [2.24, 2.45) is 28.6 Å². The fourth-order valence-corrected chi connectivity index (χ4v) is 8.03. The van der Waals surface area contributed by atoms with Crippen LogP contribution in [0, 0.1) is 28.6 Å². The van der Waals surface area contributed by atoms with E-state index in [2.05, 4.69) is 6.92 Å². The number of ether oxygens (including phenoxy) is 1. The second kappa shape index (κ2) is 10.2. The van der Waals surface area contributed by atoms with E-state index in [1.807, 2.05) is 13.0 Å². The maximum Gasteiger partial charge on any atom is 0.308 e. The van der Waals surface area contributed by atoms with Gasteiger partial charge in [-0.15, -0.1) is 0 Å². The summed E-state index contributed by atoms with van der Waals surface area (Å²) in [5, 5.41) is 51.5. The van der Waals surface area contributed by atoms with Crippen LogP contribution in [0.2, 0.25) is 0 Å². The van der Waals surface area contributed by atoms with Crippen molar-refractivity contribution in [2.75, 3.05) is 6.61 Å². The van der Waals surface area contributed by atoms with Crippen molar-refractivity contribution in [2.45, 2.75) is 95.5 Å². The molecule has 3 unspecified atom stereocenters. The Morgan fingerprint density at radius 2 is 1.92 bits per heavy atom. The third kappa shape index (κ3) is 5.15. The summed E-state index contributed by atoms with van der Waals surface area (Å²) in [6.07, 6.45) is 4.73. The summed E-state index contributed by atoms with van der Waals surface area (Å²) in [5.74, 6) is -1.53. The number of aliphatic hydroxyl groups is 4. The number of aliphatic hydroxyl groups excluding tert-OH is 3. The van der Waals surface area contributed by atoms with Gasteiger partial charge in [-0.3, -0.25) is 14.4 Å². The molecule has 0 radical (unpaired) electrons. The highest BCUT2D eigenvalue weighted by atomic mass is 16.5. The van der Waals surface area contributed by atoms with E-state index in [0.717, 1.165) is 24.8 Å². The maximum atomic E-state index is 12.7. The zero-order valence-electron chi connectivity index (χ0n) is 21.6. The van der Waals surface area contributed by atoms with Crippen LogP contribution in [0.3, 0.4) is 0 Å². The SMILES string of the molecule is C[C@]12C=CC(=O)C=C1CCC1C2[C@@H](O)C[C@@]2(C)C1CC[C@]2(O)CC(=O)OCC[C@H](O)C[C@H](O)CC(=O)O. The molecule has 9 atom stereocenters. The fourth-order valence-electron chi connectivity index (χ4n) is 8.03. The topological polar surface area (TPSA) is 162 Å². The minimum atomic E-state index is -1.33. The summed E-state index contributed by atoms with van der Waals surface area (Å²) >= 11 is 0. The first-order valence-electron chi connectivity index (χ1n) is 13.4. The largest absolute Gasteiger partial charge is 0.481 e. The van der Waals surface area contributed by atoms with E-state index in [-0.39, 0.29) is 49.4 Å². The van der Waals surface area contributed by atoms with Crippen molar-refractivity contribution in [1.82, 2.24) is 0 Å². The Bertz CT molecular complexity index is 988. The number of rotatable bonds is 9. The molecule has 0 amide bonds. The van der Waals surface area contributed by atoms with Crippen LogP contribution in [0.25, 0.3) is 0 Å². The van der Waals surface area contributed by atoms with Gasteiger partial charge >= 0.3 is 11.9 Å².